The summed E-state index contributed by atoms with van der Waals surface area (Å²) in [4.78, 5) is 17.9. The molecule has 2 rings (SSSR count). The number of hydrogen-bond acceptors (Lipinski definition) is 2. The first-order chi connectivity index (χ1) is 7.69. The second-order valence-electron chi connectivity index (χ2n) is 3.81. The Labute approximate surface area is 94.2 Å². The van der Waals surface area contributed by atoms with E-state index in [-0.39, 0.29) is 5.69 Å². The minimum Gasteiger partial charge on any atom is -0.310 e. The van der Waals surface area contributed by atoms with Crippen LogP contribution in [0.15, 0.2) is 35.1 Å². The molecule has 2 aromatic rings. The van der Waals surface area contributed by atoms with Crippen molar-refractivity contribution in [2.24, 2.45) is 0 Å². The molecule has 0 fully saturated rings. The molecule has 1 heterocycles. The summed E-state index contributed by atoms with van der Waals surface area (Å²) in [7, 11) is 0. The number of nitrogens with zero attached hydrogens (tertiary/aromatic N) is 1. The summed E-state index contributed by atoms with van der Waals surface area (Å²) in [6.07, 6.45) is 0.982. The third kappa shape index (κ3) is 2.19. The van der Waals surface area contributed by atoms with E-state index in [9.17, 15) is 4.79 Å². The lowest BCUT2D eigenvalue weighted by Gasteiger charge is -2.03. The van der Waals surface area contributed by atoms with Crippen LogP contribution < -0.4 is 5.69 Å². The Morgan fingerprint density at radius 1 is 1.31 bits per heavy atom. The zero-order valence-electron chi connectivity index (χ0n) is 9.45. The Kier molecular flexibility index (Phi) is 2.86. The lowest BCUT2D eigenvalue weighted by Crippen LogP contribution is -2.11. The van der Waals surface area contributed by atoms with Crippen LogP contribution in [-0.2, 0) is 6.42 Å². The van der Waals surface area contributed by atoms with Gasteiger partial charge in [-0.1, -0.05) is 25.1 Å². The Bertz CT molecular complexity index is 558. The topological polar surface area (TPSA) is 45.8 Å². The molecule has 82 valence electrons. The first kappa shape index (κ1) is 10.6. The number of rotatable bonds is 2. The standard InChI is InChI=1S/C13H14N2O/c1-3-10-5-4-6-11(8-10)12-7-9(2)14-13(16)15-12/h4-8H,3H2,1-2H3,(H,14,15,16). The molecule has 0 unspecified atom stereocenters. The number of hydrogen-bond donors (Lipinski definition) is 1. The predicted molar refractivity (Wildman–Crippen MR) is 64.4 cm³/mol. The Morgan fingerprint density at radius 3 is 2.81 bits per heavy atom. The second kappa shape index (κ2) is 4.31. The van der Waals surface area contributed by atoms with E-state index in [1.54, 1.807) is 0 Å². The van der Waals surface area contributed by atoms with Crippen molar-refractivity contribution >= 4 is 0 Å². The van der Waals surface area contributed by atoms with Crippen LogP contribution >= 0.6 is 0 Å². The van der Waals surface area contributed by atoms with Crippen molar-refractivity contribution < 1.29 is 0 Å². The van der Waals surface area contributed by atoms with Gasteiger partial charge in [-0.2, -0.15) is 4.98 Å². The average Bonchev–Trinajstić information content (AvgIpc) is 2.28. The molecule has 3 nitrogen and oxygen atoms in total. The van der Waals surface area contributed by atoms with E-state index in [2.05, 4.69) is 29.0 Å². The molecule has 0 saturated heterocycles. The lowest BCUT2D eigenvalue weighted by atomic mass is 10.1. The minimum absolute atomic E-state index is 0.295. The highest BCUT2D eigenvalue weighted by Gasteiger charge is 2.02. The molecule has 0 radical (unpaired) electrons. The molecule has 0 spiro atoms. The van der Waals surface area contributed by atoms with Gasteiger partial charge in [-0.3, -0.25) is 0 Å². The van der Waals surface area contributed by atoms with Gasteiger partial charge in [-0.15, -0.1) is 0 Å². The molecule has 1 aromatic carbocycles. The van der Waals surface area contributed by atoms with Crippen molar-refractivity contribution in [2.75, 3.05) is 0 Å². The molecule has 0 aliphatic rings. The van der Waals surface area contributed by atoms with Crippen LogP contribution in [0.3, 0.4) is 0 Å². The first-order valence-electron chi connectivity index (χ1n) is 5.36. The van der Waals surface area contributed by atoms with E-state index in [1.165, 1.54) is 5.56 Å². The Hall–Kier alpha value is -1.90. The fourth-order valence-corrected chi connectivity index (χ4v) is 1.68. The van der Waals surface area contributed by atoms with Crippen molar-refractivity contribution in [1.82, 2.24) is 9.97 Å². The van der Waals surface area contributed by atoms with Crippen LogP contribution in [0, 0.1) is 6.92 Å². The largest absolute Gasteiger partial charge is 0.345 e. The van der Waals surface area contributed by atoms with Crippen LogP contribution in [-0.4, -0.2) is 9.97 Å². The Balaban J connectivity index is 2.53. The quantitative estimate of drug-likeness (QED) is 0.833. The zero-order chi connectivity index (χ0) is 11.5. The maximum absolute atomic E-state index is 11.3. The van der Waals surface area contributed by atoms with Crippen LogP contribution in [0.1, 0.15) is 18.2 Å². The summed E-state index contributed by atoms with van der Waals surface area (Å²) >= 11 is 0. The summed E-state index contributed by atoms with van der Waals surface area (Å²) in [5.41, 5.74) is 3.51. The van der Waals surface area contributed by atoms with Crippen LogP contribution in [0.4, 0.5) is 0 Å². The molecule has 0 aliphatic heterocycles. The summed E-state index contributed by atoms with van der Waals surface area (Å²) in [6.45, 7) is 3.96. The number of benzene rings is 1. The summed E-state index contributed by atoms with van der Waals surface area (Å²) in [5.74, 6) is 0. The molecule has 1 aromatic heterocycles. The van der Waals surface area contributed by atoms with E-state index in [0.29, 0.717) is 0 Å². The molecule has 3 heteroatoms. The molecule has 0 bridgehead atoms. The first-order valence-corrected chi connectivity index (χ1v) is 5.36. The molecular weight excluding hydrogens is 200 g/mol. The highest BCUT2D eigenvalue weighted by atomic mass is 16.1. The maximum Gasteiger partial charge on any atom is 0.345 e. The van der Waals surface area contributed by atoms with Gasteiger partial charge in [0.2, 0.25) is 0 Å². The van der Waals surface area contributed by atoms with E-state index in [1.807, 2.05) is 25.1 Å². The highest BCUT2D eigenvalue weighted by Crippen LogP contribution is 2.17. The van der Waals surface area contributed by atoms with Crippen LogP contribution in [0.2, 0.25) is 0 Å². The van der Waals surface area contributed by atoms with Crippen molar-refractivity contribution in [3.05, 3.63) is 52.1 Å². The monoisotopic (exact) mass is 214 g/mol. The van der Waals surface area contributed by atoms with E-state index in [4.69, 9.17) is 0 Å². The van der Waals surface area contributed by atoms with Gasteiger partial charge in [-0.05, 0) is 31.0 Å². The van der Waals surface area contributed by atoms with Gasteiger partial charge in [-0.25, -0.2) is 4.79 Å². The van der Waals surface area contributed by atoms with Gasteiger partial charge in [0.1, 0.15) is 0 Å². The van der Waals surface area contributed by atoms with Crippen LogP contribution in [0.25, 0.3) is 11.3 Å². The van der Waals surface area contributed by atoms with Crippen molar-refractivity contribution in [3.8, 4) is 11.3 Å². The second-order valence-corrected chi connectivity index (χ2v) is 3.81. The van der Waals surface area contributed by atoms with Crippen LogP contribution in [0.5, 0.6) is 0 Å². The summed E-state index contributed by atoms with van der Waals surface area (Å²) < 4.78 is 0. The van der Waals surface area contributed by atoms with E-state index >= 15 is 0 Å². The normalized spacial score (nSPS) is 10.4. The van der Waals surface area contributed by atoms with Gasteiger partial charge in [0.05, 0.1) is 5.69 Å². The van der Waals surface area contributed by atoms with Gasteiger partial charge < -0.3 is 4.98 Å². The number of aromatic amines is 1. The summed E-state index contributed by atoms with van der Waals surface area (Å²) in [5, 5.41) is 0. The van der Waals surface area contributed by atoms with E-state index in [0.717, 1.165) is 23.4 Å². The predicted octanol–water partition coefficient (Wildman–Crippen LogP) is 2.31. The van der Waals surface area contributed by atoms with E-state index < -0.39 is 0 Å². The van der Waals surface area contributed by atoms with Gasteiger partial charge in [0, 0.05) is 11.3 Å². The zero-order valence-corrected chi connectivity index (χ0v) is 9.45. The maximum atomic E-state index is 11.3. The lowest BCUT2D eigenvalue weighted by molar-refractivity contribution is 1.03. The van der Waals surface area contributed by atoms with Crippen molar-refractivity contribution in [2.45, 2.75) is 20.3 Å². The number of aryl methyl sites for hydroxylation is 2. The third-order valence-electron chi connectivity index (χ3n) is 2.51. The fraction of sp³-hybridized carbons (Fsp3) is 0.231. The average molecular weight is 214 g/mol. The number of aromatic nitrogens is 2. The Morgan fingerprint density at radius 2 is 2.12 bits per heavy atom. The molecule has 0 amide bonds. The van der Waals surface area contributed by atoms with Crippen molar-refractivity contribution in [3.63, 3.8) is 0 Å². The molecule has 0 saturated carbocycles. The van der Waals surface area contributed by atoms with Gasteiger partial charge >= 0.3 is 5.69 Å². The third-order valence-corrected chi connectivity index (χ3v) is 2.51. The smallest absolute Gasteiger partial charge is 0.310 e. The van der Waals surface area contributed by atoms with Crippen molar-refractivity contribution in [1.29, 1.82) is 0 Å². The van der Waals surface area contributed by atoms with Gasteiger partial charge in [0.25, 0.3) is 0 Å². The fourth-order valence-electron chi connectivity index (χ4n) is 1.68. The highest BCUT2D eigenvalue weighted by molar-refractivity contribution is 5.59. The molecular formula is C13H14N2O. The SMILES string of the molecule is CCc1cccc(-c2cc(C)[nH]c(=O)n2)c1. The molecule has 16 heavy (non-hydrogen) atoms. The molecule has 0 atom stereocenters. The molecule has 0 aliphatic carbocycles. The summed E-state index contributed by atoms with van der Waals surface area (Å²) in [6, 6.07) is 9.99. The number of H-pyrrole nitrogens is 1. The van der Waals surface area contributed by atoms with Gasteiger partial charge in [0.15, 0.2) is 0 Å². The minimum atomic E-state index is -0.295. The number of nitrogens with one attached hydrogen (secondary N) is 1. The molecule has 1 N–H and O–H groups in total.